The van der Waals surface area contributed by atoms with Crippen LogP contribution < -0.4 is 10.6 Å². The van der Waals surface area contributed by atoms with Gasteiger partial charge >= 0.3 is 0 Å². The molecule has 1 amide bonds. The van der Waals surface area contributed by atoms with Gasteiger partial charge in [0.05, 0.1) is 15.7 Å². The van der Waals surface area contributed by atoms with Crippen LogP contribution in [0.2, 0.25) is 10.0 Å². The Morgan fingerprint density at radius 3 is 2.60 bits per heavy atom. The minimum Gasteiger partial charge on any atom is -0.348 e. The maximum Gasteiger partial charge on any atom is 0.270 e. The standard InChI is InChI=1S/C18H20Cl2N4O/c19-13-8-5-9-14(16(13)20)23-18-21-11-10-15(24-18)17(25)22-12-6-3-1-2-4-7-12/h5,8-12H,1-4,6-7H2,(H,22,25)(H,21,23,24). The highest BCUT2D eigenvalue weighted by atomic mass is 35.5. The molecule has 0 radical (unpaired) electrons. The van der Waals surface area contributed by atoms with E-state index in [1.165, 1.54) is 12.8 Å². The summed E-state index contributed by atoms with van der Waals surface area (Å²) in [7, 11) is 0. The number of anilines is 2. The number of carbonyl (C=O) groups is 1. The van der Waals surface area contributed by atoms with E-state index >= 15 is 0 Å². The van der Waals surface area contributed by atoms with Crippen LogP contribution in [0.15, 0.2) is 30.5 Å². The molecule has 0 atom stereocenters. The van der Waals surface area contributed by atoms with Gasteiger partial charge in [0.25, 0.3) is 5.91 Å². The number of halogens is 2. The van der Waals surface area contributed by atoms with E-state index in [4.69, 9.17) is 23.2 Å². The minimum absolute atomic E-state index is 0.172. The fourth-order valence-corrected chi connectivity index (χ4v) is 3.30. The van der Waals surface area contributed by atoms with Crippen LogP contribution in [0.25, 0.3) is 0 Å². The molecular weight excluding hydrogens is 359 g/mol. The molecule has 132 valence electrons. The molecule has 1 aliphatic carbocycles. The smallest absolute Gasteiger partial charge is 0.270 e. The molecule has 0 unspecified atom stereocenters. The Hall–Kier alpha value is -1.85. The predicted octanol–water partition coefficient (Wildman–Crippen LogP) is 4.98. The molecule has 0 bridgehead atoms. The van der Waals surface area contributed by atoms with Crippen LogP contribution in [0.1, 0.15) is 49.0 Å². The fraction of sp³-hybridized carbons (Fsp3) is 0.389. The number of aromatic nitrogens is 2. The van der Waals surface area contributed by atoms with Gasteiger partial charge in [-0.05, 0) is 31.0 Å². The van der Waals surface area contributed by atoms with E-state index in [2.05, 4.69) is 20.6 Å². The molecule has 0 spiro atoms. The van der Waals surface area contributed by atoms with E-state index in [0.29, 0.717) is 27.4 Å². The molecule has 1 aromatic heterocycles. The molecule has 25 heavy (non-hydrogen) atoms. The van der Waals surface area contributed by atoms with Crippen molar-refractivity contribution in [1.29, 1.82) is 0 Å². The lowest BCUT2D eigenvalue weighted by atomic mass is 10.1. The van der Waals surface area contributed by atoms with Crippen molar-refractivity contribution in [3.8, 4) is 0 Å². The Bertz CT molecular complexity index is 746. The average molecular weight is 379 g/mol. The van der Waals surface area contributed by atoms with Crippen LogP contribution in [0, 0.1) is 0 Å². The van der Waals surface area contributed by atoms with Crippen molar-refractivity contribution in [2.45, 2.75) is 44.6 Å². The number of hydrogen-bond donors (Lipinski definition) is 2. The summed E-state index contributed by atoms with van der Waals surface area (Å²) in [6.45, 7) is 0. The van der Waals surface area contributed by atoms with E-state index in [1.54, 1.807) is 30.5 Å². The lowest BCUT2D eigenvalue weighted by Crippen LogP contribution is -2.35. The summed E-state index contributed by atoms with van der Waals surface area (Å²) in [6, 6.07) is 7.09. The monoisotopic (exact) mass is 378 g/mol. The molecule has 2 aromatic rings. The summed E-state index contributed by atoms with van der Waals surface area (Å²) in [5, 5.41) is 6.91. The third-order valence-electron chi connectivity index (χ3n) is 4.28. The second-order valence-electron chi connectivity index (χ2n) is 6.15. The number of nitrogens with zero attached hydrogens (tertiary/aromatic N) is 2. The zero-order valence-electron chi connectivity index (χ0n) is 13.8. The van der Waals surface area contributed by atoms with Gasteiger partial charge in [-0.3, -0.25) is 4.79 Å². The van der Waals surface area contributed by atoms with Gasteiger partial charge in [0.2, 0.25) is 5.95 Å². The number of hydrogen-bond acceptors (Lipinski definition) is 4. The number of carbonyl (C=O) groups excluding carboxylic acids is 1. The normalized spacial score (nSPS) is 15.4. The van der Waals surface area contributed by atoms with Gasteiger partial charge in [0.1, 0.15) is 5.69 Å². The summed E-state index contributed by atoms with van der Waals surface area (Å²) in [4.78, 5) is 20.9. The molecular formula is C18H20Cl2N4O. The Morgan fingerprint density at radius 2 is 1.84 bits per heavy atom. The van der Waals surface area contributed by atoms with E-state index < -0.39 is 0 Å². The Labute approximate surface area is 157 Å². The summed E-state index contributed by atoms with van der Waals surface area (Å²) in [5.74, 6) is 0.132. The summed E-state index contributed by atoms with van der Waals surface area (Å²) < 4.78 is 0. The van der Waals surface area contributed by atoms with Crippen LogP contribution in [0.5, 0.6) is 0 Å². The molecule has 3 rings (SSSR count). The van der Waals surface area contributed by atoms with Crippen molar-refractivity contribution in [1.82, 2.24) is 15.3 Å². The minimum atomic E-state index is -0.172. The molecule has 1 saturated carbocycles. The van der Waals surface area contributed by atoms with Crippen molar-refractivity contribution < 1.29 is 4.79 Å². The Balaban J connectivity index is 1.70. The number of benzene rings is 1. The van der Waals surface area contributed by atoms with Crippen molar-refractivity contribution in [3.63, 3.8) is 0 Å². The van der Waals surface area contributed by atoms with Crippen LogP contribution in [0.4, 0.5) is 11.6 Å². The second kappa shape index (κ2) is 8.50. The first-order valence-electron chi connectivity index (χ1n) is 8.48. The van der Waals surface area contributed by atoms with Crippen LogP contribution in [-0.4, -0.2) is 21.9 Å². The highest BCUT2D eigenvalue weighted by Gasteiger charge is 2.17. The quantitative estimate of drug-likeness (QED) is 0.736. The van der Waals surface area contributed by atoms with Gasteiger partial charge in [0.15, 0.2) is 0 Å². The van der Waals surface area contributed by atoms with Crippen molar-refractivity contribution in [3.05, 3.63) is 46.2 Å². The van der Waals surface area contributed by atoms with Gasteiger partial charge in [-0.2, -0.15) is 0 Å². The fourth-order valence-electron chi connectivity index (χ4n) is 2.95. The van der Waals surface area contributed by atoms with E-state index in [0.717, 1.165) is 25.7 Å². The SMILES string of the molecule is O=C(NC1CCCCCC1)c1ccnc(Nc2cccc(Cl)c2Cl)n1. The molecule has 7 heteroatoms. The molecule has 0 aliphatic heterocycles. The Kier molecular flexibility index (Phi) is 6.10. The first-order valence-corrected chi connectivity index (χ1v) is 9.24. The summed E-state index contributed by atoms with van der Waals surface area (Å²) >= 11 is 12.2. The van der Waals surface area contributed by atoms with Gasteiger partial charge in [-0.15, -0.1) is 0 Å². The Morgan fingerprint density at radius 1 is 1.08 bits per heavy atom. The lowest BCUT2D eigenvalue weighted by Gasteiger charge is -2.16. The molecule has 5 nitrogen and oxygen atoms in total. The topological polar surface area (TPSA) is 66.9 Å². The number of amides is 1. The predicted molar refractivity (Wildman–Crippen MR) is 101 cm³/mol. The lowest BCUT2D eigenvalue weighted by molar-refractivity contribution is 0.0928. The molecule has 2 N–H and O–H groups in total. The van der Waals surface area contributed by atoms with Crippen LogP contribution >= 0.6 is 23.2 Å². The summed E-state index contributed by atoms with van der Waals surface area (Å²) in [6.07, 6.45) is 8.42. The van der Waals surface area contributed by atoms with Crippen molar-refractivity contribution in [2.24, 2.45) is 0 Å². The van der Waals surface area contributed by atoms with E-state index in [9.17, 15) is 4.79 Å². The van der Waals surface area contributed by atoms with Crippen LogP contribution in [-0.2, 0) is 0 Å². The molecule has 1 fully saturated rings. The van der Waals surface area contributed by atoms with Crippen molar-refractivity contribution >= 4 is 40.7 Å². The van der Waals surface area contributed by atoms with Crippen LogP contribution in [0.3, 0.4) is 0 Å². The largest absolute Gasteiger partial charge is 0.348 e. The maximum absolute atomic E-state index is 12.5. The second-order valence-corrected chi connectivity index (χ2v) is 6.94. The molecule has 1 aromatic carbocycles. The molecule has 1 heterocycles. The summed E-state index contributed by atoms with van der Waals surface area (Å²) in [5.41, 5.74) is 0.926. The first kappa shape index (κ1) is 18.0. The highest BCUT2D eigenvalue weighted by molar-refractivity contribution is 6.43. The van der Waals surface area contributed by atoms with E-state index in [-0.39, 0.29) is 11.9 Å². The van der Waals surface area contributed by atoms with Gasteiger partial charge in [-0.25, -0.2) is 9.97 Å². The zero-order valence-corrected chi connectivity index (χ0v) is 15.3. The maximum atomic E-state index is 12.5. The van der Waals surface area contributed by atoms with Gasteiger partial charge in [-0.1, -0.05) is 55.0 Å². The number of nitrogens with one attached hydrogen (secondary N) is 2. The third-order valence-corrected chi connectivity index (χ3v) is 5.10. The highest BCUT2D eigenvalue weighted by Crippen LogP contribution is 2.30. The third kappa shape index (κ3) is 4.83. The molecule has 1 aliphatic rings. The van der Waals surface area contributed by atoms with Gasteiger partial charge < -0.3 is 10.6 Å². The van der Waals surface area contributed by atoms with E-state index in [1.807, 2.05) is 0 Å². The van der Waals surface area contributed by atoms with Crippen molar-refractivity contribution in [2.75, 3.05) is 5.32 Å². The molecule has 0 saturated heterocycles. The number of rotatable bonds is 4. The zero-order chi connectivity index (χ0) is 17.6. The average Bonchev–Trinajstić information content (AvgIpc) is 2.88. The first-order chi connectivity index (χ1) is 12.1. The van der Waals surface area contributed by atoms with Gasteiger partial charge in [0, 0.05) is 12.2 Å².